The molecule has 106 valence electrons. The summed E-state index contributed by atoms with van der Waals surface area (Å²) in [5, 5.41) is 12.2. The standard InChI is InChI=1S/C16H13ClN2O2/c17-13-10-12(7-8-15(13)20)16(21)19-14-6-2-1-4-11(14)5-3-9-18/h1-2,4,6-8,10,20H,9,18H2,(H,19,21). The Morgan fingerprint density at radius 1 is 1.29 bits per heavy atom. The minimum Gasteiger partial charge on any atom is -0.506 e. The minimum absolute atomic E-state index is 0.0672. The minimum atomic E-state index is -0.334. The van der Waals surface area contributed by atoms with E-state index in [-0.39, 0.29) is 23.2 Å². The zero-order valence-electron chi connectivity index (χ0n) is 11.1. The largest absolute Gasteiger partial charge is 0.506 e. The van der Waals surface area contributed by atoms with Gasteiger partial charge in [0, 0.05) is 11.1 Å². The van der Waals surface area contributed by atoms with Crippen LogP contribution in [0.1, 0.15) is 15.9 Å². The number of hydrogen-bond acceptors (Lipinski definition) is 3. The fourth-order valence-electron chi connectivity index (χ4n) is 1.69. The topological polar surface area (TPSA) is 75.3 Å². The fraction of sp³-hybridized carbons (Fsp3) is 0.0625. The quantitative estimate of drug-likeness (QED) is 0.746. The van der Waals surface area contributed by atoms with Crippen molar-refractivity contribution in [3.05, 3.63) is 58.6 Å². The molecular formula is C16H13ClN2O2. The van der Waals surface area contributed by atoms with Crippen molar-refractivity contribution in [2.75, 3.05) is 11.9 Å². The van der Waals surface area contributed by atoms with Crippen LogP contribution in [-0.4, -0.2) is 17.6 Å². The number of carbonyl (C=O) groups is 1. The van der Waals surface area contributed by atoms with Gasteiger partial charge in [-0.1, -0.05) is 35.6 Å². The highest BCUT2D eigenvalue weighted by Gasteiger charge is 2.10. The Morgan fingerprint density at radius 3 is 2.76 bits per heavy atom. The van der Waals surface area contributed by atoms with E-state index in [0.29, 0.717) is 16.8 Å². The third-order valence-electron chi connectivity index (χ3n) is 2.71. The van der Waals surface area contributed by atoms with Crippen LogP contribution in [0.4, 0.5) is 5.69 Å². The molecule has 2 aromatic carbocycles. The van der Waals surface area contributed by atoms with E-state index < -0.39 is 0 Å². The van der Waals surface area contributed by atoms with Gasteiger partial charge >= 0.3 is 0 Å². The molecular weight excluding hydrogens is 288 g/mol. The van der Waals surface area contributed by atoms with E-state index in [9.17, 15) is 9.90 Å². The molecule has 4 nitrogen and oxygen atoms in total. The van der Waals surface area contributed by atoms with Crippen LogP contribution in [0.2, 0.25) is 5.02 Å². The normalized spacial score (nSPS) is 9.62. The van der Waals surface area contributed by atoms with E-state index in [2.05, 4.69) is 17.2 Å². The molecule has 0 bridgehead atoms. The molecule has 2 aromatic rings. The molecule has 0 aliphatic heterocycles. The van der Waals surface area contributed by atoms with Crippen molar-refractivity contribution in [3.8, 4) is 17.6 Å². The highest BCUT2D eigenvalue weighted by molar-refractivity contribution is 6.32. The second kappa shape index (κ2) is 6.80. The number of rotatable bonds is 2. The van der Waals surface area contributed by atoms with E-state index >= 15 is 0 Å². The Hall–Kier alpha value is -2.48. The third kappa shape index (κ3) is 3.76. The van der Waals surface area contributed by atoms with Gasteiger partial charge in [-0.3, -0.25) is 4.79 Å². The van der Waals surface area contributed by atoms with Gasteiger partial charge in [-0.05, 0) is 30.3 Å². The van der Waals surface area contributed by atoms with Gasteiger partial charge in [-0.15, -0.1) is 0 Å². The molecule has 2 rings (SSSR count). The Balaban J connectivity index is 2.25. The number of phenols is 1. The molecule has 0 atom stereocenters. The summed E-state index contributed by atoms with van der Waals surface area (Å²) in [5.74, 6) is 5.24. The van der Waals surface area contributed by atoms with Crippen LogP contribution in [0.15, 0.2) is 42.5 Å². The van der Waals surface area contributed by atoms with E-state index in [1.807, 2.05) is 6.07 Å². The summed E-state index contributed by atoms with van der Waals surface area (Å²) in [5.41, 5.74) is 6.97. The van der Waals surface area contributed by atoms with Gasteiger partial charge in [0.05, 0.1) is 17.3 Å². The molecule has 0 unspecified atom stereocenters. The van der Waals surface area contributed by atoms with Crippen LogP contribution in [0.25, 0.3) is 0 Å². The molecule has 0 aromatic heterocycles. The zero-order valence-corrected chi connectivity index (χ0v) is 11.8. The van der Waals surface area contributed by atoms with E-state index in [0.717, 1.165) is 0 Å². The SMILES string of the molecule is NCC#Cc1ccccc1NC(=O)c1ccc(O)c(Cl)c1. The van der Waals surface area contributed by atoms with Crippen LogP contribution in [-0.2, 0) is 0 Å². The fourth-order valence-corrected chi connectivity index (χ4v) is 1.87. The van der Waals surface area contributed by atoms with Crippen molar-refractivity contribution in [2.24, 2.45) is 5.73 Å². The molecule has 0 fully saturated rings. The maximum Gasteiger partial charge on any atom is 0.255 e. The van der Waals surface area contributed by atoms with Gasteiger partial charge < -0.3 is 16.2 Å². The van der Waals surface area contributed by atoms with Crippen molar-refractivity contribution >= 4 is 23.2 Å². The summed E-state index contributed by atoms with van der Waals surface area (Å²) in [7, 11) is 0. The molecule has 0 aliphatic carbocycles. The number of hydrogen-bond donors (Lipinski definition) is 3. The predicted molar refractivity (Wildman–Crippen MR) is 83.4 cm³/mol. The smallest absolute Gasteiger partial charge is 0.255 e. The Kier molecular flexibility index (Phi) is 4.83. The number of phenolic OH excluding ortho intramolecular Hbond substituents is 1. The summed E-state index contributed by atoms with van der Waals surface area (Å²) in [6, 6.07) is 11.4. The average molecular weight is 301 g/mol. The number of halogens is 1. The van der Waals surface area contributed by atoms with E-state index in [1.54, 1.807) is 18.2 Å². The number of amides is 1. The van der Waals surface area contributed by atoms with Crippen LogP contribution < -0.4 is 11.1 Å². The molecule has 0 heterocycles. The van der Waals surface area contributed by atoms with Crippen molar-refractivity contribution < 1.29 is 9.90 Å². The van der Waals surface area contributed by atoms with Gasteiger partial charge in [0.15, 0.2) is 0 Å². The van der Waals surface area contributed by atoms with E-state index in [1.165, 1.54) is 18.2 Å². The first-order valence-electron chi connectivity index (χ1n) is 6.19. The number of para-hydroxylation sites is 1. The maximum absolute atomic E-state index is 12.2. The second-order valence-corrected chi connectivity index (χ2v) is 4.58. The highest BCUT2D eigenvalue weighted by atomic mass is 35.5. The van der Waals surface area contributed by atoms with Gasteiger partial charge in [0.25, 0.3) is 5.91 Å². The van der Waals surface area contributed by atoms with Gasteiger partial charge in [-0.25, -0.2) is 0 Å². The van der Waals surface area contributed by atoms with Gasteiger partial charge in [0.1, 0.15) is 5.75 Å². The Morgan fingerprint density at radius 2 is 2.05 bits per heavy atom. The summed E-state index contributed by atoms with van der Waals surface area (Å²) >= 11 is 5.79. The lowest BCUT2D eigenvalue weighted by molar-refractivity contribution is 0.102. The third-order valence-corrected chi connectivity index (χ3v) is 3.01. The van der Waals surface area contributed by atoms with Crippen LogP contribution >= 0.6 is 11.6 Å². The number of anilines is 1. The molecule has 21 heavy (non-hydrogen) atoms. The van der Waals surface area contributed by atoms with E-state index in [4.69, 9.17) is 17.3 Å². The number of aromatic hydroxyl groups is 1. The van der Waals surface area contributed by atoms with Crippen molar-refractivity contribution in [3.63, 3.8) is 0 Å². The summed E-state index contributed by atoms with van der Waals surface area (Å²) in [6.45, 7) is 0.246. The zero-order chi connectivity index (χ0) is 15.2. The van der Waals surface area contributed by atoms with Crippen molar-refractivity contribution in [1.29, 1.82) is 0 Å². The lowest BCUT2D eigenvalue weighted by Gasteiger charge is -2.08. The molecule has 4 N–H and O–H groups in total. The summed E-state index contributed by atoms with van der Waals surface area (Å²) in [6.07, 6.45) is 0. The molecule has 0 saturated heterocycles. The monoisotopic (exact) mass is 300 g/mol. The van der Waals surface area contributed by atoms with Crippen LogP contribution in [0, 0.1) is 11.8 Å². The molecule has 0 aliphatic rings. The first kappa shape index (κ1) is 14.9. The molecule has 5 heteroatoms. The summed E-state index contributed by atoms with van der Waals surface area (Å²) < 4.78 is 0. The highest BCUT2D eigenvalue weighted by Crippen LogP contribution is 2.24. The Bertz CT molecular complexity index is 733. The van der Waals surface area contributed by atoms with Gasteiger partial charge in [-0.2, -0.15) is 0 Å². The van der Waals surface area contributed by atoms with Crippen molar-refractivity contribution in [1.82, 2.24) is 0 Å². The number of carbonyl (C=O) groups excluding carboxylic acids is 1. The maximum atomic E-state index is 12.2. The number of nitrogens with one attached hydrogen (secondary N) is 1. The molecule has 0 spiro atoms. The van der Waals surface area contributed by atoms with Crippen LogP contribution in [0.5, 0.6) is 5.75 Å². The average Bonchev–Trinajstić information content (AvgIpc) is 2.49. The first-order valence-corrected chi connectivity index (χ1v) is 6.57. The van der Waals surface area contributed by atoms with Gasteiger partial charge in [0.2, 0.25) is 0 Å². The van der Waals surface area contributed by atoms with Crippen LogP contribution in [0.3, 0.4) is 0 Å². The predicted octanol–water partition coefficient (Wildman–Crippen LogP) is 2.61. The van der Waals surface area contributed by atoms with Crippen molar-refractivity contribution in [2.45, 2.75) is 0 Å². The lowest BCUT2D eigenvalue weighted by atomic mass is 10.1. The number of nitrogens with two attached hydrogens (primary N) is 1. The first-order chi connectivity index (χ1) is 10.1. The molecule has 0 saturated carbocycles. The Labute approximate surface area is 127 Å². The number of benzene rings is 2. The summed E-state index contributed by atoms with van der Waals surface area (Å²) in [4.78, 5) is 12.2. The lowest BCUT2D eigenvalue weighted by Crippen LogP contribution is -2.12. The molecule has 0 radical (unpaired) electrons. The second-order valence-electron chi connectivity index (χ2n) is 4.17. The molecule has 1 amide bonds.